The molecule has 0 radical (unpaired) electrons. The molecule has 0 bridgehead atoms. The first-order chi connectivity index (χ1) is 16.8. The largest absolute Gasteiger partial charge is 0.397 e. The Morgan fingerprint density at radius 3 is 2.66 bits per heavy atom. The molecule has 0 heterocycles. The molecule has 7 unspecified atom stereocenters. The highest BCUT2D eigenvalue weighted by atomic mass is 19.1. The molecule has 4 rings (SSSR count). The third-order valence-electron chi connectivity index (χ3n) is 9.99. The summed E-state index contributed by atoms with van der Waals surface area (Å²) in [5.74, 6) is 9.86. The summed E-state index contributed by atoms with van der Waals surface area (Å²) in [5, 5.41) is 1.40. The molecular weight excluding hydrogens is 441 g/mol. The van der Waals surface area contributed by atoms with E-state index in [1.54, 1.807) is 6.07 Å². The summed E-state index contributed by atoms with van der Waals surface area (Å²) in [6, 6.07) is 4.15. The van der Waals surface area contributed by atoms with Crippen LogP contribution in [0.1, 0.15) is 78.6 Å². The number of nitrogens with zero attached hydrogens (tertiary/aromatic N) is 1. The maximum Gasteiger partial charge on any atom is 0.157 e. The fraction of sp³-hybridized carbons (Fsp3) is 0.759. The normalized spacial score (nSPS) is 34.3. The summed E-state index contributed by atoms with van der Waals surface area (Å²) in [7, 11) is 0. The topological polar surface area (TPSA) is 81.6 Å². The third kappa shape index (κ3) is 5.24. The summed E-state index contributed by atoms with van der Waals surface area (Å²) in [6.45, 7) is 8.61. The first kappa shape index (κ1) is 26.4. The number of hydrazine groups is 1. The molecule has 1 aromatic carbocycles. The second kappa shape index (κ2) is 11.2. The SMILES string of the molecule is CCCC1C(CCOCC)CCC2C1CCC1(C)C(C(=O)CN(N)c3ccc(F)cc3N)CCC21. The Kier molecular flexibility index (Phi) is 8.42. The standard InChI is InChI=1S/C29H46FN3O2/c1-4-6-21-19(14-16-35-5-2)7-9-23-22(21)13-15-29(3)24(23)10-11-25(29)28(34)18-33(32)27-12-8-20(30)17-26(27)31/h8,12,17,19,21-25H,4-7,9-11,13-16,18,31-32H2,1-3H3. The van der Waals surface area contributed by atoms with Crippen molar-refractivity contribution in [1.82, 2.24) is 0 Å². The summed E-state index contributed by atoms with van der Waals surface area (Å²) in [4.78, 5) is 13.5. The summed E-state index contributed by atoms with van der Waals surface area (Å²) in [6.07, 6.45) is 10.9. The van der Waals surface area contributed by atoms with Crippen LogP contribution in [0, 0.1) is 46.7 Å². The van der Waals surface area contributed by atoms with Gasteiger partial charge in [0.15, 0.2) is 5.78 Å². The number of benzene rings is 1. The van der Waals surface area contributed by atoms with Gasteiger partial charge in [-0.25, -0.2) is 10.2 Å². The molecule has 3 saturated carbocycles. The molecule has 35 heavy (non-hydrogen) atoms. The van der Waals surface area contributed by atoms with Crippen molar-refractivity contribution >= 4 is 17.2 Å². The van der Waals surface area contributed by atoms with Crippen molar-refractivity contribution in [1.29, 1.82) is 0 Å². The highest BCUT2D eigenvalue weighted by Crippen LogP contribution is 2.63. The van der Waals surface area contributed by atoms with Gasteiger partial charge in [-0.2, -0.15) is 0 Å². The van der Waals surface area contributed by atoms with Crippen LogP contribution in [0.15, 0.2) is 18.2 Å². The van der Waals surface area contributed by atoms with Crippen molar-refractivity contribution in [3.8, 4) is 0 Å². The lowest BCUT2D eigenvalue weighted by Gasteiger charge is -2.54. The summed E-state index contributed by atoms with van der Waals surface area (Å²) >= 11 is 0. The fourth-order valence-electron chi connectivity index (χ4n) is 8.43. The van der Waals surface area contributed by atoms with Crippen LogP contribution in [0.25, 0.3) is 0 Å². The molecule has 0 amide bonds. The number of carbonyl (C=O) groups excluding carboxylic acids is 1. The zero-order chi connectivity index (χ0) is 25.2. The average Bonchev–Trinajstić information content (AvgIpc) is 3.17. The first-order valence-corrected chi connectivity index (χ1v) is 14.0. The minimum absolute atomic E-state index is 0.0430. The van der Waals surface area contributed by atoms with Gasteiger partial charge in [-0.3, -0.25) is 4.79 Å². The predicted molar refractivity (Wildman–Crippen MR) is 140 cm³/mol. The van der Waals surface area contributed by atoms with Crippen molar-refractivity contribution in [2.45, 2.75) is 78.6 Å². The number of halogens is 1. The van der Waals surface area contributed by atoms with Crippen molar-refractivity contribution in [2.75, 3.05) is 30.5 Å². The van der Waals surface area contributed by atoms with E-state index in [9.17, 15) is 9.18 Å². The van der Waals surface area contributed by atoms with Crippen molar-refractivity contribution in [3.05, 3.63) is 24.0 Å². The number of nitrogens with two attached hydrogens (primary N) is 2. The second-order valence-corrected chi connectivity index (χ2v) is 11.7. The molecule has 7 atom stereocenters. The number of anilines is 2. The van der Waals surface area contributed by atoms with E-state index in [1.807, 2.05) is 0 Å². The van der Waals surface area contributed by atoms with Crippen molar-refractivity contribution in [3.63, 3.8) is 0 Å². The Labute approximate surface area is 211 Å². The van der Waals surface area contributed by atoms with Gasteiger partial charge < -0.3 is 15.5 Å². The average molecular weight is 488 g/mol. The fourth-order valence-corrected chi connectivity index (χ4v) is 8.43. The van der Waals surface area contributed by atoms with Gasteiger partial charge in [0, 0.05) is 19.1 Å². The molecule has 0 aromatic heterocycles. The zero-order valence-electron chi connectivity index (χ0n) is 22.0. The highest BCUT2D eigenvalue weighted by molar-refractivity contribution is 5.87. The van der Waals surface area contributed by atoms with E-state index in [2.05, 4.69) is 20.8 Å². The van der Waals surface area contributed by atoms with Gasteiger partial charge in [0.2, 0.25) is 0 Å². The van der Waals surface area contributed by atoms with Crippen LogP contribution < -0.4 is 16.6 Å². The minimum atomic E-state index is -0.400. The van der Waals surface area contributed by atoms with Crippen molar-refractivity contribution in [2.24, 2.45) is 46.8 Å². The molecule has 1 aromatic rings. The Hall–Kier alpha value is -1.66. The number of hydrogen-bond acceptors (Lipinski definition) is 5. The van der Waals surface area contributed by atoms with Gasteiger partial charge in [-0.05, 0) is 105 Å². The van der Waals surface area contributed by atoms with Crippen molar-refractivity contribution < 1.29 is 13.9 Å². The van der Waals surface area contributed by atoms with E-state index < -0.39 is 5.82 Å². The molecule has 3 aliphatic rings. The summed E-state index contributed by atoms with van der Waals surface area (Å²) in [5.41, 5.74) is 6.79. The Bertz CT molecular complexity index is 879. The number of hydrogen-bond donors (Lipinski definition) is 2. The lowest BCUT2D eigenvalue weighted by Crippen LogP contribution is -2.49. The van der Waals surface area contributed by atoms with Gasteiger partial charge in [0.25, 0.3) is 0 Å². The number of ether oxygens (including phenoxy) is 1. The molecule has 6 heteroatoms. The van der Waals surface area contributed by atoms with Crippen LogP contribution >= 0.6 is 0 Å². The number of nitrogen functional groups attached to an aromatic ring is 1. The van der Waals surface area contributed by atoms with E-state index in [0.29, 0.717) is 11.6 Å². The Morgan fingerprint density at radius 1 is 1.14 bits per heavy atom. The highest BCUT2D eigenvalue weighted by Gasteiger charge is 2.57. The van der Waals surface area contributed by atoms with Gasteiger partial charge in [0.1, 0.15) is 5.82 Å². The second-order valence-electron chi connectivity index (χ2n) is 11.7. The van der Waals surface area contributed by atoms with Crippen LogP contribution in [0.3, 0.4) is 0 Å². The molecule has 3 aliphatic carbocycles. The summed E-state index contributed by atoms with van der Waals surface area (Å²) < 4.78 is 19.2. The van der Waals surface area contributed by atoms with E-state index in [0.717, 1.165) is 56.1 Å². The van der Waals surface area contributed by atoms with Crippen LogP contribution in [-0.4, -0.2) is 25.5 Å². The monoisotopic (exact) mass is 487 g/mol. The van der Waals surface area contributed by atoms with Crippen LogP contribution in [0.2, 0.25) is 0 Å². The molecular formula is C29H46FN3O2. The van der Waals surface area contributed by atoms with Crippen LogP contribution in [-0.2, 0) is 9.53 Å². The predicted octanol–water partition coefficient (Wildman–Crippen LogP) is 5.97. The molecule has 196 valence electrons. The van der Waals surface area contributed by atoms with Gasteiger partial charge in [-0.1, -0.05) is 26.7 Å². The van der Waals surface area contributed by atoms with E-state index in [-0.39, 0.29) is 29.3 Å². The van der Waals surface area contributed by atoms with Gasteiger partial charge >= 0.3 is 0 Å². The molecule has 0 aliphatic heterocycles. The number of fused-ring (bicyclic) bond motifs is 3. The minimum Gasteiger partial charge on any atom is -0.397 e. The number of Topliss-reactive ketones (excluding diaryl/α,β-unsaturated/α-hetero) is 1. The molecule has 0 saturated heterocycles. The number of ketones is 1. The van der Waals surface area contributed by atoms with E-state index in [1.165, 1.54) is 55.7 Å². The third-order valence-corrected chi connectivity index (χ3v) is 9.99. The lowest BCUT2D eigenvalue weighted by molar-refractivity contribution is -0.128. The number of rotatable bonds is 10. The Morgan fingerprint density at radius 2 is 1.94 bits per heavy atom. The smallest absolute Gasteiger partial charge is 0.157 e. The zero-order valence-corrected chi connectivity index (χ0v) is 22.0. The number of carbonyl (C=O) groups is 1. The maximum absolute atomic E-state index is 13.5. The van der Waals surface area contributed by atoms with E-state index in [4.69, 9.17) is 16.3 Å². The first-order valence-electron chi connectivity index (χ1n) is 14.0. The molecule has 0 spiro atoms. The molecule has 4 N–H and O–H groups in total. The molecule has 3 fully saturated rings. The van der Waals surface area contributed by atoms with Crippen LogP contribution in [0.5, 0.6) is 0 Å². The van der Waals surface area contributed by atoms with Crippen LogP contribution in [0.4, 0.5) is 15.8 Å². The van der Waals surface area contributed by atoms with Gasteiger partial charge in [-0.15, -0.1) is 0 Å². The quantitative estimate of drug-likeness (QED) is 0.184. The van der Waals surface area contributed by atoms with Gasteiger partial charge in [0.05, 0.1) is 17.9 Å². The molecule has 5 nitrogen and oxygen atoms in total. The lowest BCUT2D eigenvalue weighted by atomic mass is 9.50. The van der Waals surface area contributed by atoms with E-state index >= 15 is 0 Å². The Balaban J connectivity index is 1.44. The maximum atomic E-state index is 13.5.